The fourth-order valence-electron chi connectivity index (χ4n) is 5.04. The molecule has 0 radical (unpaired) electrons. The lowest BCUT2D eigenvalue weighted by atomic mass is 10.0. The number of carbonyl (C=O) groups excluding carboxylic acids is 2. The molecule has 4 heterocycles. The maximum absolute atomic E-state index is 15.2. The summed E-state index contributed by atoms with van der Waals surface area (Å²) in [6, 6.07) is 13.8. The van der Waals surface area contributed by atoms with Crippen molar-refractivity contribution in [3.63, 3.8) is 0 Å². The van der Waals surface area contributed by atoms with E-state index in [4.69, 9.17) is 4.42 Å². The summed E-state index contributed by atoms with van der Waals surface area (Å²) in [6.07, 6.45) is 4.36. The van der Waals surface area contributed by atoms with E-state index in [1.54, 1.807) is 36.5 Å². The molecule has 0 unspecified atom stereocenters. The van der Waals surface area contributed by atoms with Crippen molar-refractivity contribution >= 4 is 39.6 Å². The van der Waals surface area contributed by atoms with Crippen LogP contribution in [0.1, 0.15) is 29.1 Å². The Kier molecular flexibility index (Phi) is 6.36. The molecule has 1 fully saturated rings. The summed E-state index contributed by atoms with van der Waals surface area (Å²) in [7, 11) is 0. The Balaban J connectivity index is 1.21. The average Bonchev–Trinajstić information content (AvgIpc) is 3.70. The average molecular weight is 525 g/mol. The van der Waals surface area contributed by atoms with Gasteiger partial charge in [0.15, 0.2) is 22.8 Å². The molecule has 9 nitrogen and oxygen atoms in total. The van der Waals surface area contributed by atoms with E-state index in [1.165, 1.54) is 12.1 Å². The summed E-state index contributed by atoms with van der Waals surface area (Å²) in [6.45, 7) is 5.00. The van der Waals surface area contributed by atoms with Crippen molar-refractivity contribution in [3.8, 4) is 11.1 Å². The normalized spacial score (nSPS) is 15.2. The zero-order valence-corrected chi connectivity index (χ0v) is 21.0. The molecule has 5 aromatic rings. The molecule has 0 spiro atoms. The number of para-hydroxylation sites is 2. The van der Waals surface area contributed by atoms with Gasteiger partial charge in [-0.25, -0.2) is 14.4 Å². The number of hydrogen-bond acceptors (Lipinski definition) is 7. The first kappa shape index (κ1) is 24.5. The summed E-state index contributed by atoms with van der Waals surface area (Å²) in [5.74, 6) is -0.0489. The summed E-state index contributed by atoms with van der Waals surface area (Å²) >= 11 is 0. The lowest BCUT2D eigenvalue weighted by Gasteiger charge is -2.17. The van der Waals surface area contributed by atoms with Crippen LogP contribution in [0, 0.1) is 11.7 Å². The molecule has 0 aliphatic carbocycles. The molecule has 0 saturated carbocycles. The first-order valence-corrected chi connectivity index (χ1v) is 12.7. The number of nitrogens with zero attached hydrogens (tertiary/aromatic N) is 4. The van der Waals surface area contributed by atoms with Gasteiger partial charge in [-0.05, 0) is 53.8 Å². The van der Waals surface area contributed by atoms with Crippen LogP contribution in [0.3, 0.4) is 0 Å². The Hall–Kier alpha value is -4.86. The first-order valence-electron chi connectivity index (χ1n) is 12.7. The molecule has 10 heteroatoms. The molecular formula is C29H25FN6O3. The van der Waals surface area contributed by atoms with E-state index in [1.807, 2.05) is 12.1 Å². The fraction of sp³-hybridized carbons (Fsp3) is 0.207. The Morgan fingerprint density at radius 2 is 2.10 bits per heavy atom. The lowest BCUT2D eigenvalue weighted by Crippen LogP contribution is -2.23. The molecule has 196 valence electrons. The number of ketones is 1. The number of carbonyl (C=O) groups is 2. The van der Waals surface area contributed by atoms with Gasteiger partial charge >= 0.3 is 5.91 Å². The topological polar surface area (TPSA) is 117 Å². The number of aromatic amines is 1. The summed E-state index contributed by atoms with van der Waals surface area (Å²) in [5.41, 5.74) is 3.47. The minimum atomic E-state index is -0.521. The molecule has 1 aliphatic heterocycles. The second-order valence-electron chi connectivity index (χ2n) is 9.58. The van der Waals surface area contributed by atoms with Crippen molar-refractivity contribution in [1.29, 1.82) is 0 Å². The number of fused-ring (bicyclic) bond motifs is 2. The number of halogens is 1. The summed E-state index contributed by atoms with van der Waals surface area (Å²) < 4.78 is 20.7. The first-order chi connectivity index (χ1) is 19.0. The largest absolute Gasteiger partial charge is 0.432 e. The third kappa shape index (κ3) is 4.76. The van der Waals surface area contributed by atoms with Crippen LogP contribution in [-0.2, 0) is 11.3 Å². The lowest BCUT2D eigenvalue weighted by molar-refractivity contribution is -0.115. The number of oxazole rings is 1. The Morgan fingerprint density at radius 3 is 2.92 bits per heavy atom. The molecule has 39 heavy (non-hydrogen) atoms. The minimum absolute atomic E-state index is 0.0228. The predicted molar refractivity (Wildman–Crippen MR) is 145 cm³/mol. The number of rotatable bonds is 8. The van der Waals surface area contributed by atoms with E-state index in [9.17, 15) is 9.59 Å². The van der Waals surface area contributed by atoms with Crippen molar-refractivity contribution in [2.45, 2.75) is 19.4 Å². The van der Waals surface area contributed by atoms with Gasteiger partial charge < -0.3 is 14.6 Å². The number of benzene rings is 2. The van der Waals surface area contributed by atoms with Gasteiger partial charge in [0.05, 0.1) is 5.39 Å². The zero-order chi connectivity index (χ0) is 26.9. The smallest absolute Gasteiger partial charge is 0.307 e. The van der Waals surface area contributed by atoms with Crippen molar-refractivity contribution in [1.82, 2.24) is 25.5 Å². The fourth-order valence-corrected chi connectivity index (χ4v) is 5.04. The number of allylic oxidation sites excluding steroid dienone is 1. The molecule has 1 aliphatic rings. The second kappa shape index (κ2) is 10.1. The number of anilines is 1. The number of pyridine rings is 1. The van der Waals surface area contributed by atoms with Crippen molar-refractivity contribution in [2.75, 3.05) is 18.0 Å². The van der Waals surface area contributed by atoms with Crippen LogP contribution in [0.15, 0.2) is 71.8 Å². The van der Waals surface area contributed by atoms with Gasteiger partial charge in [-0.3, -0.25) is 14.7 Å². The highest BCUT2D eigenvalue weighted by Gasteiger charge is 2.28. The van der Waals surface area contributed by atoms with Gasteiger partial charge in [0.25, 0.3) is 5.89 Å². The van der Waals surface area contributed by atoms with Crippen LogP contribution in [-0.4, -0.2) is 44.9 Å². The third-order valence-corrected chi connectivity index (χ3v) is 7.04. The van der Waals surface area contributed by atoms with Crippen LogP contribution in [0.4, 0.5) is 10.2 Å². The third-order valence-electron chi connectivity index (χ3n) is 7.04. The molecule has 6 rings (SSSR count). The number of amides is 1. The van der Waals surface area contributed by atoms with Crippen LogP contribution < -0.4 is 10.2 Å². The number of hydrogen-bond donors (Lipinski definition) is 2. The van der Waals surface area contributed by atoms with E-state index in [0.29, 0.717) is 40.8 Å². The van der Waals surface area contributed by atoms with Crippen LogP contribution >= 0.6 is 0 Å². The molecule has 3 aromatic heterocycles. The van der Waals surface area contributed by atoms with Crippen molar-refractivity contribution in [3.05, 3.63) is 84.7 Å². The summed E-state index contributed by atoms with van der Waals surface area (Å²) in [5, 5.41) is 11.0. The van der Waals surface area contributed by atoms with Gasteiger partial charge in [-0.15, -0.1) is 0 Å². The highest BCUT2D eigenvalue weighted by Crippen LogP contribution is 2.36. The Labute approximate surface area is 222 Å². The second-order valence-corrected chi connectivity index (χ2v) is 9.58. The molecule has 2 N–H and O–H groups in total. The molecule has 2 aromatic carbocycles. The number of H-pyrrole nitrogens is 1. The van der Waals surface area contributed by atoms with Crippen molar-refractivity contribution < 1.29 is 18.4 Å². The maximum Gasteiger partial charge on any atom is 0.307 e. The summed E-state index contributed by atoms with van der Waals surface area (Å²) in [4.78, 5) is 35.1. The van der Waals surface area contributed by atoms with Gasteiger partial charge in [0.1, 0.15) is 11.3 Å². The highest BCUT2D eigenvalue weighted by molar-refractivity contribution is 6.01. The SMILES string of the molecule is C=CC(=O)C[C@@H]1CCN(c2n[nH]c3nccc(-c4ccc(CNC(=O)c5nc6ccccc6o5)c(F)c4)c23)C1. The standard InChI is InChI=1S/C29H25FN6O3/c1-2-20(37)13-17-10-12-36(16-17)27-25-21(9-11-31-26(25)34-35-27)18-7-8-19(22(30)14-18)15-32-28(38)29-33-23-5-3-4-6-24(23)39-29/h2-9,11,14,17H,1,10,12-13,15-16H2,(H,32,38)(H,31,34,35)/t17-/m0/s1. The number of nitrogens with one attached hydrogen (secondary N) is 2. The molecular weight excluding hydrogens is 499 g/mol. The van der Waals surface area contributed by atoms with Crippen LogP contribution in [0.2, 0.25) is 0 Å². The minimum Gasteiger partial charge on any atom is -0.432 e. The molecule has 0 bridgehead atoms. The molecule has 1 atom stereocenters. The van der Waals surface area contributed by atoms with E-state index in [-0.39, 0.29) is 24.1 Å². The van der Waals surface area contributed by atoms with E-state index in [0.717, 1.165) is 29.7 Å². The van der Waals surface area contributed by atoms with Gasteiger partial charge in [0.2, 0.25) is 0 Å². The maximum atomic E-state index is 15.2. The molecule has 1 amide bonds. The van der Waals surface area contributed by atoms with Gasteiger partial charge in [-0.1, -0.05) is 30.8 Å². The van der Waals surface area contributed by atoms with Crippen LogP contribution in [0.5, 0.6) is 0 Å². The van der Waals surface area contributed by atoms with Gasteiger partial charge in [0, 0.05) is 37.8 Å². The molecule has 1 saturated heterocycles. The highest BCUT2D eigenvalue weighted by atomic mass is 19.1. The van der Waals surface area contributed by atoms with Gasteiger partial charge in [-0.2, -0.15) is 5.10 Å². The monoisotopic (exact) mass is 524 g/mol. The van der Waals surface area contributed by atoms with E-state index >= 15 is 4.39 Å². The van der Waals surface area contributed by atoms with E-state index < -0.39 is 11.7 Å². The number of aromatic nitrogens is 4. The Bertz CT molecular complexity index is 1690. The van der Waals surface area contributed by atoms with E-state index in [2.05, 4.69) is 37.0 Å². The van der Waals surface area contributed by atoms with Crippen molar-refractivity contribution in [2.24, 2.45) is 5.92 Å². The zero-order valence-electron chi connectivity index (χ0n) is 21.0. The Morgan fingerprint density at radius 1 is 1.23 bits per heavy atom. The van der Waals surface area contributed by atoms with Crippen LogP contribution in [0.25, 0.3) is 33.3 Å². The predicted octanol–water partition coefficient (Wildman–Crippen LogP) is 4.81. The quantitative estimate of drug-likeness (QED) is 0.280.